The van der Waals surface area contributed by atoms with Crippen LogP contribution >= 0.6 is 12.2 Å². The largest absolute Gasteiger partial charge is 0.378 e. The number of ether oxygens (including phenoxy) is 1. The third-order valence-corrected chi connectivity index (χ3v) is 7.32. The van der Waals surface area contributed by atoms with Crippen LogP contribution in [0.1, 0.15) is 23.5 Å². The lowest BCUT2D eigenvalue weighted by Gasteiger charge is -2.31. The van der Waals surface area contributed by atoms with E-state index in [4.69, 9.17) is 17.0 Å². The molecule has 38 heavy (non-hydrogen) atoms. The van der Waals surface area contributed by atoms with Gasteiger partial charge in [-0.05, 0) is 66.8 Å². The van der Waals surface area contributed by atoms with Crippen molar-refractivity contribution in [1.82, 2.24) is 14.9 Å². The summed E-state index contributed by atoms with van der Waals surface area (Å²) in [7, 11) is 0. The molecule has 192 valence electrons. The van der Waals surface area contributed by atoms with Crippen LogP contribution in [0.15, 0.2) is 91.3 Å². The number of nitrogens with one attached hydrogen (secondary N) is 1. The highest BCUT2D eigenvalue weighted by Crippen LogP contribution is 2.42. The summed E-state index contributed by atoms with van der Waals surface area (Å²) in [6, 6.07) is 24.4. The Balaban J connectivity index is 1.42. The molecule has 2 atom stereocenters. The van der Waals surface area contributed by atoms with Gasteiger partial charge in [0.05, 0.1) is 35.6 Å². The summed E-state index contributed by atoms with van der Waals surface area (Å²) in [6.45, 7) is 3.18. The molecule has 0 aliphatic carbocycles. The van der Waals surface area contributed by atoms with Crippen molar-refractivity contribution in [2.24, 2.45) is 0 Å². The van der Waals surface area contributed by atoms with E-state index in [-0.39, 0.29) is 22.7 Å². The number of benzene rings is 2. The zero-order chi connectivity index (χ0) is 26.1. The molecule has 9 nitrogen and oxygen atoms in total. The Bertz CT molecular complexity index is 1450. The summed E-state index contributed by atoms with van der Waals surface area (Å²) in [5.74, 6) is 0. The average Bonchev–Trinajstić information content (AvgIpc) is 3.58. The van der Waals surface area contributed by atoms with E-state index in [1.54, 1.807) is 18.3 Å². The maximum Gasteiger partial charge on any atom is 0.271 e. The molecule has 0 bridgehead atoms. The number of thiocarbonyl (C=S) groups is 1. The SMILES string of the molecule is O=[N+]([O-])c1cccc(-n2cccc2[C@@H]2[C@@H](c3ccccn3)NC(=S)N2c2ccc(N3CCOCC3)cc2)c1. The van der Waals surface area contributed by atoms with Gasteiger partial charge in [-0.15, -0.1) is 0 Å². The minimum absolute atomic E-state index is 0.0408. The van der Waals surface area contributed by atoms with Crippen LogP contribution in [-0.2, 0) is 4.74 Å². The van der Waals surface area contributed by atoms with Crippen LogP contribution in [0.25, 0.3) is 5.69 Å². The number of rotatable bonds is 6. The minimum atomic E-state index is -0.377. The predicted octanol–water partition coefficient (Wildman–Crippen LogP) is 4.79. The van der Waals surface area contributed by atoms with Gasteiger partial charge in [0, 0.05) is 54.7 Å². The second kappa shape index (κ2) is 10.2. The van der Waals surface area contributed by atoms with Crippen molar-refractivity contribution < 1.29 is 9.66 Å². The molecule has 4 aromatic rings. The van der Waals surface area contributed by atoms with Crippen molar-refractivity contribution in [3.63, 3.8) is 0 Å². The molecule has 2 fully saturated rings. The fourth-order valence-corrected chi connectivity index (χ4v) is 5.55. The number of nitro groups is 1. The number of anilines is 2. The number of non-ortho nitro benzene ring substituents is 1. The lowest BCUT2D eigenvalue weighted by Crippen LogP contribution is -2.36. The number of morpholine rings is 1. The monoisotopic (exact) mass is 526 g/mol. The summed E-state index contributed by atoms with van der Waals surface area (Å²) in [4.78, 5) is 20.1. The van der Waals surface area contributed by atoms with Gasteiger partial charge >= 0.3 is 0 Å². The summed E-state index contributed by atoms with van der Waals surface area (Å²) in [5, 5.41) is 15.5. The van der Waals surface area contributed by atoms with Gasteiger partial charge in [0.2, 0.25) is 0 Å². The van der Waals surface area contributed by atoms with Gasteiger partial charge in [0.25, 0.3) is 5.69 Å². The number of nitro benzene ring substituents is 1. The quantitative estimate of drug-likeness (QED) is 0.218. The first-order chi connectivity index (χ1) is 18.6. The Labute approximate surface area is 225 Å². The van der Waals surface area contributed by atoms with E-state index in [9.17, 15) is 10.1 Å². The highest BCUT2D eigenvalue weighted by Gasteiger charge is 2.42. The Kier molecular flexibility index (Phi) is 6.48. The molecule has 6 rings (SSSR count). The molecule has 2 saturated heterocycles. The van der Waals surface area contributed by atoms with Crippen molar-refractivity contribution >= 4 is 34.4 Å². The third kappa shape index (κ3) is 4.48. The van der Waals surface area contributed by atoms with E-state index >= 15 is 0 Å². The van der Waals surface area contributed by atoms with Gasteiger partial charge in [-0.25, -0.2) is 0 Å². The molecule has 2 aromatic carbocycles. The van der Waals surface area contributed by atoms with Crippen molar-refractivity contribution in [3.05, 3.63) is 113 Å². The lowest BCUT2D eigenvalue weighted by molar-refractivity contribution is -0.384. The summed E-state index contributed by atoms with van der Waals surface area (Å²) >= 11 is 5.89. The molecule has 0 saturated carbocycles. The molecular weight excluding hydrogens is 500 g/mol. The Hall–Kier alpha value is -4.28. The normalized spacial score (nSPS) is 19.4. The second-order valence-electron chi connectivity index (χ2n) is 9.19. The average molecular weight is 527 g/mol. The minimum Gasteiger partial charge on any atom is -0.378 e. The van der Waals surface area contributed by atoms with Gasteiger partial charge in [0.1, 0.15) is 6.04 Å². The third-order valence-electron chi connectivity index (χ3n) is 7.00. The van der Waals surface area contributed by atoms with E-state index in [2.05, 4.69) is 44.4 Å². The molecule has 1 N–H and O–H groups in total. The van der Waals surface area contributed by atoms with Crippen molar-refractivity contribution in [3.8, 4) is 5.69 Å². The fourth-order valence-electron chi connectivity index (χ4n) is 5.21. The molecule has 0 radical (unpaired) electrons. The fraction of sp³-hybridized carbons (Fsp3) is 0.214. The van der Waals surface area contributed by atoms with Crippen LogP contribution in [0, 0.1) is 10.1 Å². The lowest BCUT2D eigenvalue weighted by atomic mass is 10.0. The van der Waals surface area contributed by atoms with E-state index < -0.39 is 0 Å². The Morgan fingerprint density at radius 1 is 0.947 bits per heavy atom. The Morgan fingerprint density at radius 2 is 1.74 bits per heavy atom. The maximum absolute atomic E-state index is 11.5. The first-order valence-corrected chi connectivity index (χ1v) is 12.9. The number of hydrogen-bond acceptors (Lipinski definition) is 6. The summed E-state index contributed by atoms with van der Waals surface area (Å²) in [6.07, 6.45) is 3.70. The van der Waals surface area contributed by atoms with Crippen molar-refractivity contribution in [2.45, 2.75) is 12.1 Å². The van der Waals surface area contributed by atoms with Crippen molar-refractivity contribution in [2.75, 3.05) is 36.1 Å². The highest BCUT2D eigenvalue weighted by molar-refractivity contribution is 7.80. The standard InChI is InChI=1S/C28H26N6O3S/c35-34(36)23-6-3-5-22(19-23)32-14-4-8-25(32)27-26(24-7-1-2-13-29-24)30-28(38)33(27)21-11-9-20(10-12-21)31-15-17-37-18-16-31/h1-14,19,26-27H,15-18H2,(H,30,38)/t26-,27-/m1/s1. The van der Waals surface area contributed by atoms with Gasteiger partial charge in [-0.3, -0.25) is 15.1 Å². The molecule has 4 heterocycles. The van der Waals surface area contributed by atoms with Crippen LogP contribution in [-0.4, -0.2) is 45.9 Å². The van der Waals surface area contributed by atoms with Gasteiger partial charge in [-0.1, -0.05) is 12.1 Å². The Morgan fingerprint density at radius 3 is 2.47 bits per heavy atom. The van der Waals surface area contributed by atoms with Crippen LogP contribution in [0.4, 0.5) is 17.1 Å². The van der Waals surface area contributed by atoms with E-state index in [1.165, 1.54) is 6.07 Å². The topological polar surface area (TPSA) is 88.7 Å². The molecule has 2 aromatic heterocycles. The molecule has 2 aliphatic heterocycles. The predicted molar refractivity (Wildman–Crippen MR) is 150 cm³/mol. The zero-order valence-electron chi connectivity index (χ0n) is 20.5. The van der Waals surface area contributed by atoms with Crippen molar-refractivity contribution in [1.29, 1.82) is 0 Å². The summed E-state index contributed by atoms with van der Waals surface area (Å²) in [5.41, 5.74) is 4.64. The maximum atomic E-state index is 11.5. The molecule has 2 aliphatic rings. The smallest absolute Gasteiger partial charge is 0.271 e. The van der Waals surface area contributed by atoms with Crippen LogP contribution in [0.5, 0.6) is 0 Å². The number of hydrogen-bond donors (Lipinski definition) is 1. The molecular formula is C28H26N6O3S. The van der Waals surface area contributed by atoms with Gasteiger partial charge in [0.15, 0.2) is 5.11 Å². The summed E-state index contributed by atoms with van der Waals surface area (Å²) < 4.78 is 7.48. The molecule has 10 heteroatoms. The van der Waals surface area contributed by atoms with Gasteiger partial charge in [-0.2, -0.15) is 0 Å². The first-order valence-electron chi connectivity index (χ1n) is 12.5. The second-order valence-corrected chi connectivity index (χ2v) is 9.58. The molecule has 0 unspecified atom stereocenters. The first kappa shape index (κ1) is 24.1. The number of aromatic nitrogens is 2. The highest BCUT2D eigenvalue weighted by atomic mass is 32.1. The number of pyridine rings is 1. The molecule has 0 spiro atoms. The van der Waals surface area contributed by atoms with E-state index in [0.717, 1.165) is 49.1 Å². The van der Waals surface area contributed by atoms with Crippen LogP contribution < -0.4 is 15.1 Å². The number of nitrogens with zero attached hydrogens (tertiary/aromatic N) is 5. The van der Waals surface area contributed by atoms with E-state index in [0.29, 0.717) is 10.8 Å². The van der Waals surface area contributed by atoms with Crippen LogP contribution in [0.3, 0.4) is 0 Å². The van der Waals surface area contributed by atoms with E-state index in [1.807, 2.05) is 47.2 Å². The zero-order valence-corrected chi connectivity index (χ0v) is 21.3. The van der Waals surface area contributed by atoms with Crippen LogP contribution in [0.2, 0.25) is 0 Å². The molecule has 0 amide bonds. The van der Waals surface area contributed by atoms with Gasteiger partial charge < -0.3 is 24.4 Å².